The average Bonchev–Trinajstić information content (AvgIpc) is 3.20. The Morgan fingerprint density at radius 2 is 2.04 bits per heavy atom. The summed E-state index contributed by atoms with van der Waals surface area (Å²) < 4.78 is 0. The first kappa shape index (κ1) is 16.9. The standard InChI is InChI=1S/C19H25N5O2/c1-23-11-5-10-20-17(23)21-13-14-6-4-7-15(12-14)24-16(25)19(22-18(24)26)8-2-3-9-19/h4,6-7,12H,2-3,5,8-11,13H2,1H3,(H,20,21)(H,22,26). The van der Waals surface area contributed by atoms with Gasteiger partial charge in [0, 0.05) is 26.7 Å². The van der Waals surface area contributed by atoms with E-state index in [0.717, 1.165) is 56.7 Å². The van der Waals surface area contributed by atoms with Gasteiger partial charge in [0.1, 0.15) is 5.54 Å². The van der Waals surface area contributed by atoms with Crippen molar-refractivity contribution in [3.05, 3.63) is 29.8 Å². The zero-order valence-corrected chi connectivity index (χ0v) is 15.1. The highest BCUT2D eigenvalue weighted by Crippen LogP contribution is 2.37. The van der Waals surface area contributed by atoms with Crippen molar-refractivity contribution in [3.8, 4) is 0 Å². The van der Waals surface area contributed by atoms with Gasteiger partial charge in [-0.3, -0.25) is 9.79 Å². The molecule has 138 valence electrons. The van der Waals surface area contributed by atoms with Gasteiger partial charge >= 0.3 is 6.03 Å². The van der Waals surface area contributed by atoms with Crippen LogP contribution in [-0.4, -0.2) is 48.5 Å². The fraction of sp³-hybridized carbons (Fsp3) is 0.526. The van der Waals surface area contributed by atoms with E-state index in [1.807, 2.05) is 31.3 Å². The van der Waals surface area contributed by atoms with Crippen LogP contribution in [0.1, 0.15) is 37.7 Å². The number of carbonyl (C=O) groups excluding carboxylic acids is 2. The summed E-state index contributed by atoms with van der Waals surface area (Å²) in [5, 5.41) is 6.28. The van der Waals surface area contributed by atoms with Crippen LogP contribution in [0.5, 0.6) is 0 Å². The number of hydrogen-bond acceptors (Lipinski definition) is 5. The fourth-order valence-electron chi connectivity index (χ4n) is 4.07. The molecule has 7 nitrogen and oxygen atoms in total. The molecule has 2 heterocycles. The van der Waals surface area contributed by atoms with Crippen LogP contribution in [0.15, 0.2) is 29.3 Å². The van der Waals surface area contributed by atoms with Crippen molar-refractivity contribution in [2.75, 3.05) is 25.0 Å². The largest absolute Gasteiger partial charge is 0.352 e. The molecule has 3 amide bonds. The van der Waals surface area contributed by atoms with E-state index in [0.29, 0.717) is 12.2 Å². The highest BCUT2D eigenvalue weighted by Gasteiger charge is 2.52. The molecule has 0 radical (unpaired) electrons. The molecule has 4 rings (SSSR count). The predicted molar refractivity (Wildman–Crippen MR) is 100 cm³/mol. The molecule has 2 N–H and O–H groups in total. The molecule has 3 aliphatic rings. The number of nitrogens with zero attached hydrogens (tertiary/aromatic N) is 3. The molecular weight excluding hydrogens is 330 g/mol. The number of benzene rings is 1. The number of aliphatic imine (C=N–C) groups is 1. The number of anilines is 1. The second-order valence-corrected chi connectivity index (χ2v) is 7.36. The van der Waals surface area contributed by atoms with Gasteiger partial charge in [-0.05, 0) is 37.0 Å². The second-order valence-electron chi connectivity index (χ2n) is 7.36. The molecular formula is C19H25N5O2. The summed E-state index contributed by atoms with van der Waals surface area (Å²) in [6, 6.07) is 7.29. The molecule has 2 fully saturated rings. The molecule has 1 aromatic rings. The molecule has 26 heavy (non-hydrogen) atoms. The summed E-state index contributed by atoms with van der Waals surface area (Å²) >= 11 is 0. The smallest absolute Gasteiger partial charge is 0.329 e. The van der Waals surface area contributed by atoms with Gasteiger partial charge < -0.3 is 15.5 Å². The summed E-state index contributed by atoms with van der Waals surface area (Å²) in [6.07, 6.45) is 4.52. The minimum atomic E-state index is -0.676. The lowest BCUT2D eigenvalue weighted by Gasteiger charge is -2.25. The quantitative estimate of drug-likeness (QED) is 0.811. The zero-order valence-electron chi connectivity index (χ0n) is 15.1. The van der Waals surface area contributed by atoms with E-state index in [-0.39, 0.29) is 11.9 Å². The maximum absolute atomic E-state index is 12.9. The van der Waals surface area contributed by atoms with Crippen LogP contribution < -0.4 is 15.5 Å². The molecule has 1 aliphatic carbocycles. The highest BCUT2D eigenvalue weighted by molar-refractivity contribution is 6.23. The number of guanidine groups is 1. The van der Waals surface area contributed by atoms with Crippen LogP contribution >= 0.6 is 0 Å². The van der Waals surface area contributed by atoms with Gasteiger partial charge in [0.05, 0.1) is 5.69 Å². The van der Waals surface area contributed by atoms with Gasteiger partial charge in [0.15, 0.2) is 5.96 Å². The Balaban J connectivity index is 1.50. The van der Waals surface area contributed by atoms with Gasteiger partial charge in [-0.1, -0.05) is 25.0 Å². The van der Waals surface area contributed by atoms with Gasteiger partial charge in [0.2, 0.25) is 0 Å². The van der Waals surface area contributed by atoms with Crippen LogP contribution in [0.2, 0.25) is 0 Å². The topological polar surface area (TPSA) is 77.0 Å². The average molecular weight is 355 g/mol. The summed E-state index contributed by atoms with van der Waals surface area (Å²) in [4.78, 5) is 33.3. The summed E-state index contributed by atoms with van der Waals surface area (Å²) in [5.41, 5.74) is 0.969. The third-order valence-electron chi connectivity index (χ3n) is 5.51. The Labute approximate surface area is 153 Å². The number of imide groups is 1. The fourth-order valence-corrected chi connectivity index (χ4v) is 4.07. The van der Waals surface area contributed by atoms with Crippen molar-refractivity contribution in [3.63, 3.8) is 0 Å². The summed E-state index contributed by atoms with van der Waals surface area (Å²) in [7, 11) is 2.02. The van der Waals surface area contributed by atoms with Crippen molar-refractivity contribution in [1.29, 1.82) is 0 Å². The molecule has 1 saturated heterocycles. The number of amides is 3. The Morgan fingerprint density at radius 3 is 2.81 bits per heavy atom. The Hall–Kier alpha value is -2.57. The lowest BCUT2D eigenvalue weighted by Crippen LogP contribution is -2.44. The van der Waals surface area contributed by atoms with Crippen molar-refractivity contribution in [2.45, 2.75) is 44.2 Å². The number of hydrogen-bond donors (Lipinski definition) is 2. The summed E-state index contributed by atoms with van der Waals surface area (Å²) in [5.74, 6) is 0.781. The molecule has 2 aliphatic heterocycles. The van der Waals surface area contributed by atoms with Gasteiger partial charge in [-0.2, -0.15) is 0 Å². The van der Waals surface area contributed by atoms with E-state index in [2.05, 4.69) is 20.5 Å². The van der Waals surface area contributed by atoms with Crippen molar-refractivity contribution in [1.82, 2.24) is 15.5 Å². The lowest BCUT2D eigenvalue weighted by molar-refractivity contribution is -0.121. The predicted octanol–water partition coefficient (Wildman–Crippen LogP) is 1.84. The van der Waals surface area contributed by atoms with E-state index in [1.165, 1.54) is 4.90 Å². The van der Waals surface area contributed by atoms with Crippen LogP contribution in [-0.2, 0) is 11.3 Å². The minimum Gasteiger partial charge on any atom is -0.352 e. The molecule has 1 aromatic carbocycles. The lowest BCUT2D eigenvalue weighted by atomic mass is 9.98. The van der Waals surface area contributed by atoms with Gasteiger partial charge in [-0.15, -0.1) is 0 Å². The van der Waals surface area contributed by atoms with E-state index in [9.17, 15) is 9.59 Å². The Morgan fingerprint density at radius 1 is 1.23 bits per heavy atom. The van der Waals surface area contributed by atoms with Crippen molar-refractivity contribution >= 4 is 23.6 Å². The van der Waals surface area contributed by atoms with Crippen molar-refractivity contribution in [2.24, 2.45) is 4.99 Å². The first-order chi connectivity index (χ1) is 12.6. The first-order valence-electron chi connectivity index (χ1n) is 9.34. The molecule has 0 atom stereocenters. The van der Waals surface area contributed by atoms with Gasteiger partial charge in [-0.25, -0.2) is 9.69 Å². The highest BCUT2D eigenvalue weighted by atomic mass is 16.2. The van der Waals surface area contributed by atoms with Gasteiger partial charge in [0.25, 0.3) is 5.91 Å². The number of nitrogens with one attached hydrogen (secondary N) is 2. The molecule has 0 bridgehead atoms. The third-order valence-corrected chi connectivity index (χ3v) is 5.51. The van der Waals surface area contributed by atoms with E-state index >= 15 is 0 Å². The van der Waals surface area contributed by atoms with Crippen LogP contribution in [0.25, 0.3) is 0 Å². The zero-order chi connectivity index (χ0) is 18.1. The monoisotopic (exact) mass is 355 g/mol. The third kappa shape index (κ3) is 2.91. The molecule has 0 unspecified atom stereocenters. The number of urea groups is 1. The number of rotatable bonds is 3. The van der Waals surface area contributed by atoms with Crippen LogP contribution in [0, 0.1) is 0 Å². The molecule has 7 heteroatoms. The van der Waals surface area contributed by atoms with Crippen LogP contribution in [0.4, 0.5) is 10.5 Å². The Bertz CT molecular complexity index is 754. The molecule has 1 spiro atoms. The second kappa shape index (κ2) is 6.63. The molecule has 1 saturated carbocycles. The van der Waals surface area contributed by atoms with E-state index in [1.54, 1.807) is 0 Å². The van der Waals surface area contributed by atoms with Crippen molar-refractivity contribution < 1.29 is 9.59 Å². The van der Waals surface area contributed by atoms with E-state index in [4.69, 9.17) is 0 Å². The maximum atomic E-state index is 12.9. The first-order valence-corrected chi connectivity index (χ1v) is 9.34. The Kier molecular flexibility index (Phi) is 4.30. The van der Waals surface area contributed by atoms with E-state index < -0.39 is 5.54 Å². The maximum Gasteiger partial charge on any atom is 0.329 e. The SMILES string of the molecule is CN1CCCN=C1NCc1cccc(N2C(=O)NC3(CCCC3)C2=O)c1. The number of carbonyl (C=O) groups is 2. The minimum absolute atomic E-state index is 0.110. The van der Waals surface area contributed by atoms with Crippen LogP contribution in [0.3, 0.4) is 0 Å². The molecule has 0 aromatic heterocycles. The summed E-state index contributed by atoms with van der Waals surface area (Å²) in [6.45, 7) is 2.44. The normalized spacial score (nSPS) is 22.0.